The predicted molar refractivity (Wildman–Crippen MR) is 81.8 cm³/mol. The zero-order valence-corrected chi connectivity index (χ0v) is 14.0. The smallest absolute Gasteiger partial charge is 0.408 e. The number of hydrogen-bond donors (Lipinski definition) is 1. The number of alkyl carbamates (subject to hydrolysis) is 1. The highest BCUT2D eigenvalue weighted by Gasteiger charge is 2.32. The van der Waals surface area contributed by atoms with E-state index in [1.807, 2.05) is 0 Å². The fourth-order valence-corrected chi connectivity index (χ4v) is 3.95. The second-order valence-electron chi connectivity index (χ2n) is 6.21. The van der Waals surface area contributed by atoms with Crippen LogP contribution in [-0.2, 0) is 14.6 Å². The van der Waals surface area contributed by atoms with Crippen molar-refractivity contribution in [1.82, 2.24) is 5.32 Å². The molecule has 0 aromatic heterocycles. The number of amides is 1. The van der Waals surface area contributed by atoms with Gasteiger partial charge in [0.15, 0.2) is 9.84 Å². The van der Waals surface area contributed by atoms with Crippen molar-refractivity contribution in [2.24, 2.45) is 0 Å². The molecular formula is C15H21NO5S. The Bertz CT molecular complexity index is 676. The number of benzene rings is 1. The molecule has 0 fully saturated rings. The van der Waals surface area contributed by atoms with Gasteiger partial charge in [-0.1, -0.05) is 0 Å². The van der Waals surface area contributed by atoms with E-state index in [0.29, 0.717) is 17.7 Å². The van der Waals surface area contributed by atoms with E-state index in [9.17, 15) is 13.2 Å². The van der Waals surface area contributed by atoms with Gasteiger partial charge in [-0.05, 0) is 51.0 Å². The third-order valence-electron chi connectivity index (χ3n) is 3.29. The van der Waals surface area contributed by atoms with Gasteiger partial charge in [0.05, 0.1) is 23.8 Å². The number of methoxy groups -OCH3 is 1. The van der Waals surface area contributed by atoms with Crippen molar-refractivity contribution in [2.75, 3.05) is 12.9 Å². The number of fused-ring (bicyclic) bond motifs is 1. The topological polar surface area (TPSA) is 81.7 Å². The molecule has 2 rings (SSSR count). The summed E-state index contributed by atoms with van der Waals surface area (Å²) in [5, 5.41) is 2.74. The van der Waals surface area contributed by atoms with Crippen molar-refractivity contribution in [2.45, 2.75) is 43.7 Å². The normalized spacial score (nSPS) is 19.9. The first kappa shape index (κ1) is 16.6. The lowest BCUT2D eigenvalue weighted by molar-refractivity contribution is 0.0501. The van der Waals surface area contributed by atoms with Gasteiger partial charge in [0, 0.05) is 0 Å². The summed E-state index contributed by atoms with van der Waals surface area (Å²) in [5.74, 6) is 0.541. The van der Waals surface area contributed by atoms with Crippen LogP contribution in [0.5, 0.6) is 5.75 Å². The standard InChI is InChI=1S/C15H21NO5S/c1-15(2,3)21-14(17)16-12-7-8-22(18,19)13-6-5-10(20-4)9-11(12)13/h5-6,9,12H,7-8H2,1-4H3,(H,16,17)/t12-/m0/s1. The Morgan fingerprint density at radius 1 is 1.32 bits per heavy atom. The minimum absolute atomic E-state index is 0.00715. The first-order chi connectivity index (χ1) is 10.1. The van der Waals surface area contributed by atoms with Crippen LogP contribution in [0.3, 0.4) is 0 Å². The monoisotopic (exact) mass is 327 g/mol. The summed E-state index contributed by atoms with van der Waals surface area (Å²) in [5.41, 5.74) is -0.0707. The molecule has 122 valence electrons. The second kappa shape index (κ2) is 5.79. The fourth-order valence-electron chi connectivity index (χ4n) is 2.35. The Kier molecular flexibility index (Phi) is 4.37. The van der Waals surface area contributed by atoms with E-state index in [4.69, 9.17) is 9.47 Å². The zero-order valence-electron chi connectivity index (χ0n) is 13.2. The lowest BCUT2D eigenvalue weighted by Gasteiger charge is -2.28. The molecule has 7 heteroatoms. The van der Waals surface area contributed by atoms with E-state index in [1.54, 1.807) is 32.9 Å². The minimum atomic E-state index is -3.32. The maximum absolute atomic E-state index is 12.1. The van der Waals surface area contributed by atoms with Crippen molar-refractivity contribution in [3.63, 3.8) is 0 Å². The first-order valence-corrected chi connectivity index (χ1v) is 8.68. The van der Waals surface area contributed by atoms with E-state index in [1.165, 1.54) is 13.2 Å². The zero-order chi connectivity index (χ0) is 16.5. The number of hydrogen-bond acceptors (Lipinski definition) is 5. The fraction of sp³-hybridized carbons (Fsp3) is 0.533. The number of ether oxygens (including phenoxy) is 2. The van der Waals surface area contributed by atoms with Crippen LogP contribution >= 0.6 is 0 Å². The highest BCUT2D eigenvalue weighted by atomic mass is 32.2. The molecule has 1 aliphatic heterocycles. The van der Waals surface area contributed by atoms with Gasteiger partial charge in [0.25, 0.3) is 0 Å². The third kappa shape index (κ3) is 3.71. The molecule has 22 heavy (non-hydrogen) atoms. The molecule has 1 N–H and O–H groups in total. The molecule has 1 heterocycles. The number of sulfone groups is 1. The van der Waals surface area contributed by atoms with Crippen LogP contribution in [0.4, 0.5) is 4.79 Å². The van der Waals surface area contributed by atoms with Gasteiger partial charge in [-0.25, -0.2) is 13.2 Å². The lowest BCUT2D eigenvalue weighted by atomic mass is 10.0. The molecule has 0 unspecified atom stereocenters. The van der Waals surface area contributed by atoms with Crippen molar-refractivity contribution < 1.29 is 22.7 Å². The maximum Gasteiger partial charge on any atom is 0.408 e. The van der Waals surface area contributed by atoms with Crippen molar-refractivity contribution >= 4 is 15.9 Å². The molecule has 1 aliphatic rings. The van der Waals surface area contributed by atoms with Crippen LogP contribution < -0.4 is 10.1 Å². The molecule has 0 spiro atoms. The van der Waals surface area contributed by atoms with E-state index >= 15 is 0 Å². The lowest BCUT2D eigenvalue weighted by Crippen LogP contribution is -2.37. The Morgan fingerprint density at radius 2 is 2.00 bits per heavy atom. The quantitative estimate of drug-likeness (QED) is 0.902. The van der Waals surface area contributed by atoms with E-state index in [-0.39, 0.29) is 10.6 Å². The molecule has 1 aromatic carbocycles. The predicted octanol–water partition coefficient (Wildman–Crippen LogP) is 2.44. The molecule has 1 aromatic rings. The number of nitrogens with one attached hydrogen (secondary N) is 1. The van der Waals surface area contributed by atoms with Gasteiger partial charge < -0.3 is 14.8 Å². The van der Waals surface area contributed by atoms with E-state index in [0.717, 1.165) is 0 Å². The van der Waals surface area contributed by atoms with Gasteiger partial charge in [0.2, 0.25) is 0 Å². The minimum Gasteiger partial charge on any atom is -0.497 e. The molecule has 1 atom stereocenters. The van der Waals surface area contributed by atoms with Gasteiger partial charge >= 0.3 is 6.09 Å². The summed E-state index contributed by atoms with van der Waals surface area (Å²) in [4.78, 5) is 12.2. The number of carbonyl (C=O) groups excluding carboxylic acids is 1. The maximum atomic E-state index is 12.1. The van der Waals surface area contributed by atoms with Crippen LogP contribution in [0.2, 0.25) is 0 Å². The van der Waals surface area contributed by atoms with Crippen LogP contribution in [0, 0.1) is 0 Å². The highest BCUT2D eigenvalue weighted by molar-refractivity contribution is 7.91. The summed E-state index contributed by atoms with van der Waals surface area (Å²) in [6.07, 6.45) is -0.257. The molecule has 0 aliphatic carbocycles. The molecule has 0 bridgehead atoms. The van der Waals surface area contributed by atoms with Gasteiger partial charge in [-0.15, -0.1) is 0 Å². The molecule has 0 saturated carbocycles. The summed E-state index contributed by atoms with van der Waals surface area (Å²) in [7, 11) is -1.81. The van der Waals surface area contributed by atoms with Crippen LogP contribution in [0.15, 0.2) is 23.1 Å². The van der Waals surface area contributed by atoms with Gasteiger partial charge in [0.1, 0.15) is 11.4 Å². The molecule has 1 amide bonds. The second-order valence-corrected chi connectivity index (χ2v) is 8.29. The van der Waals surface area contributed by atoms with Crippen LogP contribution in [-0.4, -0.2) is 33.0 Å². The molecule has 6 nitrogen and oxygen atoms in total. The first-order valence-electron chi connectivity index (χ1n) is 7.02. The average Bonchev–Trinajstić information content (AvgIpc) is 2.39. The SMILES string of the molecule is COc1ccc2c(c1)[C@@H](NC(=O)OC(C)(C)C)CCS2(=O)=O. The van der Waals surface area contributed by atoms with Crippen molar-refractivity contribution in [3.05, 3.63) is 23.8 Å². The van der Waals surface area contributed by atoms with Crippen molar-refractivity contribution in [3.8, 4) is 5.75 Å². The molecule has 0 saturated heterocycles. The Labute approximate surface area is 130 Å². The molecular weight excluding hydrogens is 306 g/mol. The Balaban J connectivity index is 2.30. The highest BCUT2D eigenvalue weighted by Crippen LogP contribution is 2.34. The van der Waals surface area contributed by atoms with E-state index in [2.05, 4.69) is 5.32 Å². The molecule has 0 radical (unpaired) electrons. The Hall–Kier alpha value is -1.76. The third-order valence-corrected chi connectivity index (χ3v) is 5.11. The van der Waals surface area contributed by atoms with Gasteiger partial charge in [-0.2, -0.15) is 0 Å². The summed E-state index contributed by atoms with van der Waals surface area (Å²) in [6, 6.07) is 4.36. The number of carbonyl (C=O) groups is 1. The van der Waals surface area contributed by atoms with Crippen LogP contribution in [0.25, 0.3) is 0 Å². The summed E-state index contributed by atoms with van der Waals surface area (Å²) in [6.45, 7) is 5.32. The summed E-state index contributed by atoms with van der Waals surface area (Å²) < 4.78 is 34.7. The largest absolute Gasteiger partial charge is 0.497 e. The van der Waals surface area contributed by atoms with Crippen molar-refractivity contribution in [1.29, 1.82) is 0 Å². The Morgan fingerprint density at radius 3 is 2.59 bits per heavy atom. The van der Waals surface area contributed by atoms with Gasteiger partial charge in [-0.3, -0.25) is 0 Å². The summed E-state index contributed by atoms with van der Waals surface area (Å²) >= 11 is 0. The van der Waals surface area contributed by atoms with E-state index < -0.39 is 27.6 Å². The number of rotatable bonds is 2. The van der Waals surface area contributed by atoms with Crippen LogP contribution in [0.1, 0.15) is 38.8 Å². The average molecular weight is 327 g/mol.